The quantitative estimate of drug-likeness (QED) is 0.157. The Hall–Kier alpha value is -1.63. The van der Waals surface area contributed by atoms with Gasteiger partial charge in [0.15, 0.2) is 0 Å². The van der Waals surface area contributed by atoms with Gasteiger partial charge >= 0.3 is 0 Å². The molecule has 0 aliphatic rings. The van der Waals surface area contributed by atoms with Gasteiger partial charge in [-0.3, -0.25) is 10.1 Å². The van der Waals surface area contributed by atoms with E-state index in [-0.39, 0.29) is 17.0 Å². The number of hydrogen-bond acceptors (Lipinski definition) is 3. The summed E-state index contributed by atoms with van der Waals surface area (Å²) in [6.45, 7) is 2.14. The maximum atomic E-state index is 10.9. The molecular weight excluding hydrogens is 278 g/mol. The third-order valence-corrected chi connectivity index (χ3v) is 3.44. The molecule has 0 aromatic carbocycles. The summed E-state index contributed by atoms with van der Waals surface area (Å²) >= 11 is 0. The molecule has 0 unspecified atom stereocenters. The van der Waals surface area contributed by atoms with Gasteiger partial charge in [-0.1, -0.05) is 44.9 Å². The Kier molecular flexibility index (Phi) is 14.6. The molecule has 0 heterocycles. The lowest BCUT2D eigenvalue weighted by molar-refractivity contribution is -0.426. The Balaban J connectivity index is 3.86. The molecule has 0 N–H and O–H groups in total. The lowest BCUT2D eigenvalue weighted by atomic mass is 10.1. The second-order valence-electron chi connectivity index (χ2n) is 5.45. The summed E-state index contributed by atoms with van der Waals surface area (Å²) in [4.78, 5) is 20.8. The molecule has 0 saturated heterocycles. The van der Waals surface area contributed by atoms with Crippen LogP contribution in [0.5, 0.6) is 0 Å². The Morgan fingerprint density at radius 2 is 1.68 bits per heavy atom. The summed E-state index contributed by atoms with van der Waals surface area (Å²) in [5.74, 6) is 5.92. The number of aldehydes is 1. The van der Waals surface area contributed by atoms with E-state index in [1.54, 1.807) is 6.08 Å². The van der Waals surface area contributed by atoms with Gasteiger partial charge in [-0.2, -0.15) is 0 Å². The topological polar surface area (TPSA) is 60.2 Å². The summed E-state index contributed by atoms with van der Waals surface area (Å²) in [5.41, 5.74) is 0.226. The number of carbonyl (C=O) groups is 1. The molecule has 4 nitrogen and oxygen atoms in total. The van der Waals surface area contributed by atoms with Gasteiger partial charge in [0.2, 0.25) is 0 Å². The zero-order valence-electron chi connectivity index (χ0n) is 13.8. The maximum Gasteiger partial charge on any atom is 0.254 e. The van der Waals surface area contributed by atoms with Crippen molar-refractivity contribution in [3.63, 3.8) is 0 Å². The number of nitro groups is 1. The molecule has 0 rings (SSSR count). The molecule has 0 atom stereocenters. The van der Waals surface area contributed by atoms with E-state index in [1.807, 2.05) is 0 Å². The highest BCUT2D eigenvalue weighted by Gasteiger charge is 2.07. The van der Waals surface area contributed by atoms with Crippen LogP contribution < -0.4 is 0 Å². The van der Waals surface area contributed by atoms with E-state index in [0.29, 0.717) is 6.42 Å². The summed E-state index contributed by atoms with van der Waals surface area (Å²) in [5, 5.41) is 10.9. The monoisotopic (exact) mass is 307 g/mol. The fourth-order valence-electron chi connectivity index (χ4n) is 2.09. The highest BCUT2D eigenvalue weighted by atomic mass is 16.6. The van der Waals surface area contributed by atoms with E-state index >= 15 is 0 Å². The molecule has 0 aromatic heterocycles. The Morgan fingerprint density at radius 3 is 2.32 bits per heavy atom. The van der Waals surface area contributed by atoms with Crippen LogP contribution in [-0.2, 0) is 4.79 Å². The van der Waals surface area contributed by atoms with Crippen molar-refractivity contribution in [3.8, 4) is 11.8 Å². The third kappa shape index (κ3) is 13.4. The molecule has 124 valence electrons. The number of carbonyl (C=O) groups excluding carboxylic acids is 1. The second-order valence-corrected chi connectivity index (χ2v) is 5.45. The minimum Gasteiger partial charge on any atom is -0.303 e. The number of allylic oxidation sites excluding steroid dienone is 2. The first-order valence-corrected chi connectivity index (χ1v) is 8.45. The van der Waals surface area contributed by atoms with E-state index in [0.717, 1.165) is 64.1 Å². The van der Waals surface area contributed by atoms with Crippen molar-refractivity contribution in [1.29, 1.82) is 0 Å². The Bertz CT molecular complexity index is 391. The molecule has 0 bridgehead atoms. The van der Waals surface area contributed by atoms with Gasteiger partial charge in [-0.15, -0.1) is 5.92 Å². The average Bonchev–Trinajstić information content (AvgIpc) is 2.50. The highest BCUT2D eigenvalue weighted by molar-refractivity contribution is 5.48. The molecule has 0 aliphatic carbocycles. The lowest BCUT2D eigenvalue weighted by Crippen LogP contribution is -1.97. The van der Waals surface area contributed by atoms with Crippen LogP contribution in [0.25, 0.3) is 0 Å². The van der Waals surface area contributed by atoms with Crippen LogP contribution in [0.1, 0.15) is 84.0 Å². The van der Waals surface area contributed by atoms with Crippen molar-refractivity contribution < 1.29 is 9.72 Å². The van der Waals surface area contributed by atoms with Crippen molar-refractivity contribution in [2.24, 2.45) is 0 Å². The maximum absolute atomic E-state index is 10.9. The summed E-state index contributed by atoms with van der Waals surface area (Å²) in [7, 11) is 0. The standard InChI is InChI=1S/C18H29NO3/c1-2-3-4-5-9-12-15-18(19(21)22)16-13-10-7-6-8-11-14-17-20/h16-17H,2-8,10-11,13-15H2,1H3. The first-order valence-electron chi connectivity index (χ1n) is 8.45. The van der Waals surface area contributed by atoms with Crippen molar-refractivity contribution >= 4 is 6.29 Å². The van der Waals surface area contributed by atoms with Gasteiger partial charge in [0, 0.05) is 12.8 Å². The van der Waals surface area contributed by atoms with Gasteiger partial charge in [-0.25, -0.2) is 0 Å². The number of unbranched alkanes of at least 4 members (excludes halogenated alkanes) is 9. The summed E-state index contributed by atoms with van der Waals surface area (Å²) in [6.07, 6.45) is 13.7. The molecule has 0 aliphatic heterocycles. The molecule has 0 radical (unpaired) electrons. The van der Waals surface area contributed by atoms with E-state index in [1.165, 1.54) is 6.42 Å². The fraction of sp³-hybridized carbons (Fsp3) is 0.722. The molecule has 0 spiro atoms. The smallest absolute Gasteiger partial charge is 0.254 e. The van der Waals surface area contributed by atoms with Crippen molar-refractivity contribution in [1.82, 2.24) is 0 Å². The predicted molar refractivity (Wildman–Crippen MR) is 90.0 cm³/mol. The highest BCUT2D eigenvalue weighted by Crippen LogP contribution is 2.10. The van der Waals surface area contributed by atoms with Crippen molar-refractivity contribution in [2.45, 2.75) is 84.0 Å². The average molecular weight is 307 g/mol. The lowest BCUT2D eigenvalue weighted by Gasteiger charge is -1.98. The molecule has 22 heavy (non-hydrogen) atoms. The number of nitrogens with zero attached hydrogens (tertiary/aromatic N) is 1. The van der Waals surface area contributed by atoms with Crippen LogP contribution in [0, 0.1) is 22.0 Å². The van der Waals surface area contributed by atoms with Gasteiger partial charge in [0.1, 0.15) is 6.29 Å². The molecule has 0 saturated carbocycles. The minimum absolute atomic E-state index is 0.226. The van der Waals surface area contributed by atoms with Crippen molar-refractivity contribution in [3.05, 3.63) is 21.9 Å². The summed E-state index contributed by atoms with van der Waals surface area (Å²) in [6, 6.07) is 0. The van der Waals surface area contributed by atoms with E-state index in [9.17, 15) is 14.9 Å². The third-order valence-electron chi connectivity index (χ3n) is 3.44. The minimum atomic E-state index is -0.315. The Labute approximate surface area is 134 Å². The number of rotatable bonds is 13. The summed E-state index contributed by atoms with van der Waals surface area (Å²) < 4.78 is 0. The van der Waals surface area contributed by atoms with Crippen LogP contribution in [-0.4, -0.2) is 11.2 Å². The van der Waals surface area contributed by atoms with E-state index in [4.69, 9.17) is 0 Å². The zero-order chi connectivity index (χ0) is 16.5. The second kappa shape index (κ2) is 15.8. The largest absolute Gasteiger partial charge is 0.303 e. The van der Waals surface area contributed by atoms with Crippen LogP contribution in [0.15, 0.2) is 11.8 Å². The SMILES string of the molecule is CCCCCC#CCC(=CCCCCCCCC=O)[N+](=O)[O-]. The zero-order valence-corrected chi connectivity index (χ0v) is 13.8. The molecular formula is C18H29NO3. The fourth-order valence-corrected chi connectivity index (χ4v) is 2.09. The van der Waals surface area contributed by atoms with Crippen LogP contribution in [0.2, 0.25) is 0 Å². The van der Waals surface area contributed by atoms with Gasteiger partial charge in [0.05, 0.1) is 11.3 Å². The van der Waals surface area contributed by atoms with Gasteiger partial charge < -0.3 is 4.79 Å². The Morgan fingerprint density at radius 1 is 1.00 bits per heavy atom. The molecule has 0 amide bonds. The van der Waals surface area contributed by atoms with Crippen LogP contribution in [0.3, 0.4) is 0 Å². The van der Waals surface area contributed by atoms with Gasteiger partial charge in [-0.05, 0) is 31.8 Å². The molecule has 0 fully saturated rings. The molecule has 0 aromatic rings. The van der Waals surface area contributed by atoms with E-state index in [2.05, 4.69) is 18.8 Å². The molecule has 4 heteroatoms. The van der Waals surface area contributed by atoms with Crippen LogP contribution in [0.4, 0.5) is 0 Å². The van der Waals surface area contributed by atoms with Crippen molar-refractivity contribution in [2.75, 3.05) is 0 Å². The first-order chi connectivity index (χ1) is 10.7. The number of hydrogen-bond donors (Lipinski definition) is 0. The van der Waals surface area contributed by atoms with Gasteiger partial charge in [0.25, 0.3) is 5.70 Å². The van der Waals surface area contributed by atoms with Crippen LogP contribution >= 0.6 is 0 Å². The normalized spacial score (nSPS) is 10.9. The first kappa shape index (κ1) is 20.4. The van der Waals surface area contributed by atoms with E-state index < -0.39 is 0 Å². The predicted octanol–water partition coefficient (Wildman–Crippen LogP) is 5.05.